The molecule has 1 N–H and O–H groups in total. The minimum absolute atomic E-state index is 0.0581. The van der Waals surface area contributed by atoms with Gasteiger partial charge in [0.2, 0.25) is 11.8 Å². The lowest BCUT2D eigenvalue weighted by Gasteiger charge is -2.33. The van der Waals surface area contributed by atoms with E-state index < -0.39 is 46.2 Å². The van der Waals surface area contributed by atoms with E-state index in [4.69, 9.17) is 23.2 Å². The van der Waals surface area contributed by atoms with Crippen LogP contribution in [-0.2, 0) is 38.8 Å². The zero-order valence-electron chi connectivity index (χ0n) is 23.8. The maximum Gasteiger partial charge on any atom is 0.416 e. The second kappa shape index (κ2) is 14.4. The van der Waals surface area contributed by atoms with Gasteiger partial charge in [-0.15, -0.1) is 0 Å². The van der Waals surface area contributed by atoms with Gasteiger partial charge in [0.05, 0.1) is 26.2 Å². The third-order valence-corrected chi connectivity index (χ3v) is 9.45. The largest absolute Gasteiger partial charge is 0.416 e. The van der Waals surface area contributed by atoms with E-state index in [1.165, 1.54) is 54.4 Å². The number of alkyl halides is 3. The van der Waals surface area contributed by atoms with Crippen molar-refractivity contribution in [2.24, 2.45) is 0 Å². The molecule has 0 aliphatic carbocycles. The molecule has 0 spiro atoms. The van der Waals surface area contributed by atoms with Crippen molar-refractivity contribution in [3.63, 3.8) is 0 Å². The summed E-state index contributed by atoms with van der Waals surface area (Å²) >= 11 is 12.3. The molecule has 0 unspecified atom stereocenters. The molecule has 0 heterocycles. The lowest BCUT2D eigenvalue weighted by molar-refractivity contribution is -0.139. The molecule has 7 nitrogen and oxygen atoms in total. The average molecular weight is 679 g/mol. The summed E-state index contributed by atoms with van der Waals surface area (Å²) in [6.45, 7) is -1.11. The van der Waals surface area contributed by atoms with Crippen LogP contribution in [0.5, 0.6) is 0 Å². The third kappa shape index (κ3) is 8.36. The topological polar surface area (TPSA) is 86.8 Å². The van der Waals surface area contributed by atoms with E-state index in [1.54, 1.807) is 42.5 Å². The van der Waals surface area contributed by atoms with Crippen LogP contribution < -0.4 is 9.62 Å². The van der Waals surface area contributed by atoms with Crippen LogP contribution in [0.2, 0.25) is 10.0 Å². The molecule has 4 rings (SSSR count). The summed E-state index contributed by atoms with van der Waals surface area (Å²) < 4.78 is 69.5. The lowest BCUT2D eigenvalue weighted by Crippen LogP contribution is -2.53. The highest BCUT2D eigenvalue weighted by Crippen LogP contribution is 2.33. The predicted molar refractivity (Wildman–Crippen MR) is 167 cm³/mol. The summed E-state index contributed by atoms with van der Waals surface area (Å²) in [5.41, 5.74) is -0.280. The van der Waals surface area contributed by atoms with Gasteiger partial charge in [-0.2, -0.15) is 13.2 Å². The summed E-state index contributed by atoms with van der Waals surface area (Å²) in [7, 11) is -3.16. The number of rotatable bonds is 11. The van der Waals surface area contributed by atoms with E-state index in [-0.39, 0.29) is 33.6 Å². The fourth-order valence-corrected chi connectivity index (χ4v) is 6.39. The number of benzene rings is 4. The molecule has 1 atom stereocenters. The first kappa shape index (κ1) is 33.8. The highest BCUT2D eigenvalue weighted by atomic mass is 35.5. The molecule has 0 aliphatic rings. The zero-order chi connectivity index (χ0) is 32.8. The Morgan fingerprint density at radius 3 is 2.07 bits per heavy atom. The SMILES string of the molecule is CNC(=O)[C@@H](Cc1ccccc1)N(Cc1ccc(Cl)c(Cl)c1)C(=O)CN(c1cccc(C(F)(F)F)c1)S(=O)(=O)c1ccccc1. The van der Waals surface area contributed by atoms with Crippen molar-refractivity contribution in [3.05, 3.63) is 130 Å². The van der Waals surface area contributed by atoms with E-state index in [0.29, 0.717) is 21.5 Å². The summed E-state index contributed by atoms with van der Waals surface area (Å²) in [4.78, 5) is 28.5. The monoisotopic (exact) mass is 677 g/mol. The number of carbonyl (C=O) groups excluding carboxylic acids is 2. The fraction of sp³-hybridized carbons (Fsp3) is 0.188. The van der Waals surface area contributed by atoms with Crippen molar-refractivity contribution >= 4 is 50.7 Å². The molecule has 0 saturated carbocycles. The molecule has 0 aromatic heterocycles. The van der Waals surface area contributed by atoms with Crippen molar-refractivity contribution in [3.8, 4) is 0 Å². The quantitative estimate of drug-likeness (QED) is 0.194. The highest BCUT2D eigenvalue weighted by molar-refractivity contribution is 7.92. The average Bonchev–Trinajstić information content (AvgIpc) is 3.03. The van der Waals surface area contributed by atoms with Crippen LogP contribution in [-0.4, -0.2) is 44.8 Å². The predicted octanol–water partition coefficient (Wildman–Crippen LogP) is 6.59. The number of anilines is 1. The molecule has 0 fully saturated rings. The van der Waals surface area contributed by atoms with Crippen LogP contribution in [0, 0.1) is 0 Å². The zero-order valence-corrected chi connectivity index (χ0v) is 26.2. The van der Waals surface area contributed by atoms with Gasteiger partial charge in [-0.25, -0.2) is 8.42 Å². The number of carbonyl (C=O) groups is 2. The third-order valence-electron chi connectivity index (χ3n) is 6.93. The number of sulfonamides is 1. The number of hydrogen-bond acceptors (Lipinski definition) is 4. The van der Waals surface area contributed by atoms with Gasteiger partial charge in [0.25, 0.3) is 10.0 Å². The molecule has 4 aromatic rings. The van der Waals surface area contributed by atoms with Crippen LogP contribution in [0.4, 0.5) is 18.9 Å². The van der Waals surface area contributed by atoms with Crippen molar-refractivity contribution in [1.29, 1.82) is 0 Å². The molecular weight excluding hydrogens is 650 g/mol. The first-order valence-electron chi connectivity index (χ1n) is 13.5. The molecule has 2 amide bonds. The van der Waals surface area contributed by atoms with Gasteiger partial charge in [-0.3, -0.25) is 13.9 Å². The molecular formula is C32H28Cl2F3N3O4S. The Kier molecular flexibility index (Phi) is 10.8. The Bertz CT molecular complexity index is 1760. The number of nitrogens with one attached hydrogen (secondary N) is 1. The molecule has 0 saturated heterocycles. The van der Waals surface area contributed by atoms with Gasteiger partial charge >= 0.3 is 6.18 Å². The Balaban J connectivity index is 1.83. The summed E-state index contributed by atoms with van der Waals surface area (Å²) in [6.07, 6.45) is -4.72. The van der Waals surface area contributed by atoms with Crippen LogP contribution in [0.3, 0.4) is 0 Å². The van der Waals surface area contributed by atoms with E-state index in [1.807, 2.05) is 0 Å². The Morgan fingerprint density at radius 2 is 1.47 bits per heavy atom. The summed E-state index contributed by atoms with van der Waals surface area (Å²) in [5, 5.41) is 3.01. The van der Waals surface area contributed by atoms with E-state index in [0.717, 1.165) is 12.1 Å². The van der Waals surface area contributed by atoms with E-state index >= 15 is 0 Å². The first-order valence-corrected chi connectivity index (χ1v) is 15.7. The molecule has 45 heavy (non-hydrogen) atoms. The van der Waals surface area contributed by atoms with Crippen molar-refractivity contribution in [1.82, 2.24) is 10.2 Å². The molecule has 236 valence electrons. The Labute approximate surface area is 269 Å². The van der Waals surface area contributed by atoms with Gasteiger partial charge in [0.15, 0.2) is 0 Å². The summed E-state index contributed by atoms with van der Waals surface area (Å²) in [6, 6.07) is 23.1. The Morgan fingerprint density at radius 1 is 0.822 bits per heavy atom. The maximum absolute atomic E-state index is 14.3. The highest BCUT2D eigenvalue weighted by Gasteiger charge is 2.36. The number of amides is 2. The van der Waals surface area contributed by atoms with Crippen LogP contribution in [0.25, 0.3) is 0 Å². The van der Waals surface area contributed by atoms with E-state index in [2.05, 4.69) is 5.32 Å². The van der Waals surface area contributed by atoms with Crippen molar-refractivity contribution in [2.75, 3.05) is 17.9 Å². The number of halogens is 5. The molecule has 4 aromatic carbocycles. The van der Waals surface area contributed by atoms with Crippen molar-refractivity contribution < 1.29 is 31.2 Å². The second-order valence-electron chi connectivity index (χ2n) is 9.96. The number of nitrogens with zero attached hydrogens (tertiary/aromatic N) is 2. The van der Waals surface area contributed by atoms with Crippen molar-refractivity contribution in [2.45, 2.75) is 30.1 Å². The van der Waals surface area contributed by atoms with Gasteiger partial charge < -0.3 is 10.2 Å². The smallest absolute Gasteiger partial charge is 0.357 e. The number of likely N-dealkylation sites (N-methyl/N-ethyl adjacent to an activating group) is 1. The normalized spacial score (nSPS) is 12.3. The van der Waals surface area contributed by atoms with Crippen LogP contribution in [0.1, 0.15) is 16.7 Å². The summed E-state index contributed by atoms with van der Waals surface area (Å²) in [5.74, 6) is -1.38. The fourth-order valence-electron chi connectivity index (χ4n) is 4.64. The molecule has 0 bridgehead atoms. The van der Waals surface area contributed by atoms with Gasteiger partial charge in [0, 0.05) is 20.0 Å². The number of hydrogen-bond donors (Lipinski definition) is 1. The molecule has 0 radical (unpaired) electrons. The van der Waals surface area contributed by atoms with Gasteiger partial charge in [0.1, 0.15) is 12.6 Å². The van der Waals surface area contributed by atoms with Crippen LogP contribution >= 0.6 is 23.2 Å². The minimum Gasteiger partial charge on any atom is -0.357 e. The van der Waals surface area contributed by atoms with Gasteiger partial charge in [-0.05, 0) is 53.6 Å². The van der Waals surface area contributed by atoms with E-state index in [9.17, 15) is 31.2 Å². The van der Waals surface area contributed by atoms with Crippen LogP contribution in [0.15, 0.2) is 108 Å². The lowest BCUT2D eigenvalue weighted by atomic mass is 10.0. The molecule has 0 aliphatic heterocycles. The molecule has 13 heteroatoms. The minimum atomic E-state index is -4.78. The maximum atomic E-state index is 14.3. The standard InChI is InChI=1S/C32H28Cl2F3N3O4S/c1-38-31(42)29(18-22-9-4-2-5-10-22)39(20-23-15-16-27(33)28(34)17-23)30(41)21-40(45(43,44)26-13-6-3-7-14-26)25-12-8-11-24(19-25)32(35,36)37/h2-17,19,29H,18,20-21H2,1H3,(H,38,42)/t29-/m1/s1. The second-order valence-corrected chi connectivity index (χ2v) is 12.6. The first-order chi connectivity index (χ1) is 21.3. The Hall–Kier alpha value is -4.06. The van der Waals surface area contributed by atoms with Gasteiger partial charge in [-0.1, -0.05) is 83.9 Å².